The highest BCUT2D eigenvalue weighted by atomic mass is 32.2. The molecule has 0 atom stereocenters. The Labute approximate surface area is 105 Å². The number of esters is 1. The molecule has 4 nitrogen and oxygen atoms in total. The summed E-state index contributed by atoms with van der Waals surface area (Å²) in [5.74, 6) is 0.742. The number of carbonyl (C=O) groups excluding carboxylic acids is 2. The van der Waals surface area contributed by atoms with Gasteiger partial charge in [-0.3, -0.25) is 14.5 Å². The van der Waals surface area contributed by atoms with E-state index >= 15 is 0 Å². The Hall–Kier alpha value is -0.620. The molecule has 1 aliphatic rings. The molecule has 0 N–H and O–H groups in total. The van der Waals surface area contributed by atoms with Gasteiger partial charge in [0.15, 0.2) is 0 Å². The third-order valence-electron chi connectivity index (χ3n) is 2.31. The van der Waals surface area contributed by atoms with E-state index < -0.39 is 0 Å². The van der Waals surface area contributed by atoms with Gasteiger partial charge in [-0.05, 0) is 12.8 Å². The van der Waals surface area contributed by atoms with Crippen LogP contribution in [0.3, 0.4) is 0 Å². The molecule has 0 saturated carbocycles. The van der Waals surface area contributed by atoms with Gasteiger partial charge in [-0.2, -0.15) is 0 Å². The van der Waals surface area contributed by atoms with Crippen molar-refractivity contribution in [1.82, 2.24) is 4.90 Å². The first-order valence-electron chi connectivity index (χ1n) is 5.19. The summed E-state index contributed by atoms with van der Waals surface area (Å²) in [6, 6.07) is 0. The number of unbranched alkanes of at least 4 members (excludes halogenated alkanes) is 1. The molecule has 1 rings (SSSR count). The molecule has 90 valence electrons. The summed E-state index contributed by atoms with van der Waals surface area (Å²) in [7, 11) is 1.37. The lowest BCUT2D eigenvalue weighted by Crippen LogP contribution is -2.30. The smallest absolute Gasteiger partial charge is 0.305 e. The molecular formula is C10H15NO3S2. The molecule has 1 saturated heterocycles. The second-order valence-corrected chi connectivity index (χ2v) is 5.17. The Kier molecular flexibility index (Phi) is 5.76. The molecule has 0 aliphatic carbocycles. The van der Waals surface area contributed by atoms with E-state index in [1.807, 2.05) is 0 Å². The molecule has 1 fully saturated rings. The lowest BCUT2D eigenvalue weighted by molar-refractivity contribution is -0.141. The van der Waals surface area contributed by atoms with Gasteiger partial charge in [0.2, 0.25) is 5.91 Å². The highest BCUT2D eigenvalue weighted by Gasteiger charge is 2.23. The number of thioether (sulfide) groups is 1. The molecule has 0 aromatic heterocycles. The number of hydrogen-bond donors (Lipinski definition) is 0. The molecule has 0 bridgehead atoms. The first kappa shape index (κ1) is 13.4. The number of thiocarbonyl (C=S) groups is 1. The standard InChI is InChI=1S/C10H15NO3S2/c1-14-9(13)5-3-2-4-8(12)11-6-7-16-10(11)15/h2-7H2,1H3. The minimum atomic E-state index is -0.223. The average Bonchev–Trinajstić information content (AvgIpc) is 2.70. The van der Waals surface area contributed by atoms with E-state index in [2.05, 4.69) is 4.74 Å². The maximum Gasteiger partial charge on any atom is 0.305 e. The molecule has 0 unspecified atom stereocenters. The van der Waals surface area contributed by atoms with Crippen LogP contribution in [-0.2, 0) is 14.3 Å². The van der Waals surface area contributed by atoms with Crippen molar-refractivity contribution >= 4 is 40.2 Å². The fraction of sp³-hybridized carbons (Fsp3) is 0.700. The van der Waals surface area contributed by atoms with Crippen LogP contribution in [0.5, 0.6) is 0 Å². The second kappa shape index (κ2) is 6.85. The SMILES string of the molecule is COC(=O)CCCCC(=O)N1CCSC1=S. The summed E-state index contributed by atoms with van der Waals surface area (Å²) in [5, 5.41) is 0. The zero-order chi connectivity index (χ0) is 12.0. The van der Waals surface area contributed by atoms with E-state index in [-0.39, 0.29) is 11.9 Å². The van der Waals surface area contributed by atoms with E-state index in [1.54, 1.807) is 16.7 Å². The molecule has 0 spiro atoms. The molecule has 1 amide bonds. The minimum Gasteiger partial charge on any atom is -0.469 e. The van der Waals surface area contributed by atoms with Crippen LogP contribution in [0.25, 0.3) is 0 Å². The van der Waals surface area contributed by atoms with Gasteiger partial charge in [0.25, 0.3) is 0 Å². The van der Waals surface area contributed by atoms with Crippen LogP contribution in [0.15, 0.2) is 0 Å². The van der Waals surface area contributed by atoms with Crippen LogP contribution < -0.4 is 0 Å². The predicted octanol–water partition coefficient (Wildman–Crippen LogP) is 1.58. The zero-order valence-corrected chi connectivity index (χ0v) is 10.9. The van der Waals surface area contributed by atoms with Crippen molar-refractivity contribution in [1.29, 1.82) is 0 Å². The highest BCUT2D eigenvalue weighted by molar-refractivity contribution is 8.23. The monoisotopic (exact) mass is 261 g/mol. The maximum atomic E-state index is 11.7. The van der Waals surface area contributed by atoms with E-state index in [0.29, 0.717) is 30.0 Å². The summed E-state index contributed by atoms with van der Waals surface area (Å²) in [6.45, 7) is 0.722. The molecule has 6 heteroatoms. The quantitative estimate of drug-likeness (QED) is 0.427. The van der Waals surface area contributed by atoms with Crippen LogP contribution in [0.1, 0.15) is 25.7 Å². The van der Waals surface area contributed by atoms with Crippen LogP contribution >= 0.6 is 24.0 Å². The summed E-state index contributed by atoms with van der Waals surface area (Å²) >= 11 is 6.59. The van der Waals surface area contributed by atoms with Crippen molar-refractivity contribution in [2.24, 2.45) is 0 Å². The molecule has 1 heterocycles. The van der Waals surface area contributed by atoms with Crippen LogP contribution in [0, 0.1) is 0 Å². The molecular weight excluding hydrogens is 246 g/mol. The first-order valence-corrected chi connectivity index (χ1v) is 6.58. The molecule has 0 radical (unpaired) electrons. The Morgan fingerprint density at radius 2 is 2.12 bits per heavy atom. The predicted molar refractivity (Wildman–Crippen MR) is 67.3 cm³/mol. The summed E-state index contributed by atoms with van der Waals surface area (Å²) < 4.78 is 5.19. The highest BCUT2D eigenvalue weighted by Crippen LogP contribution is 2.19. The van der Waals surface area contributed by atoms with Gasteiger partial charge in [0, 0.05) is 25.1 Å². The molecule has 1 aliphatic heterocycles. The molecule has 16 heavy (non-hydrogen) atoms. The normalized spacial score (nSPS) is 15.3. The fourth-order valence-corrected chi connectivity index (χ4v) is 2.64. The van der Waals surface area contributed by atoms with Crippen LogP contribution in [-0.4, -0.2) is 40.5 Å². The van der Waals surface area contributed by atoms with Gasteiger partial charge in [0.05, 0.1) is 7.11 Å². The number of carbonyl (C=O) groups is 2. The Bertz CT molecular complexity index is 294. The van der Waals surface area contributed by atoms with Crippen LogP contribution in [0.2, 0.25) is 0 Å². The van der Waals surface area contributed by atoms with E-state index in [4.69, 9.17) is 12.2 Å². The summed E-state index contributed by atoms with van der Waals surface area (Å²) in [6.07, 6.45) is 2.23. The van der Waals surface area contributed by atoms with Crippen molar-refractivity contribution in [3.05, 3.63) is 0 Å². The Morgan fingerprint density at radius 3 is 2.69 bits per heavy atom. The number of amides is 1. The second-order valence-electron chi connectivity index (χ2n) is 3.44. The summed E-state index contributed by atoms with van der Waals surface area (Å²) in [5.41, 5.74) is 0. The minimum absolute atomic E-state index is 0.0693. The fourth-order valence-electron chi connectivity index (χ4n) is 1.40. The van der Waals surface area contributed by atoms with Crippen molar-refractivity contribution in [3.8, 4) is 0 Å². The van der Waals surface area contributed by atoms with Crippen LogP contribution in [0.4, 0.5) is 0 Å². The van der Waals surface area contributed by atoms with E-state index in [1.165, 1.54) is 7.11 Å². The van der Waals surface area contributed by atoms with Gasteiger partial charge in [-0.1, -0.05) is 24.0 Å². The topological polar surface area (TPSA) is 46.6 Å². The Balaban J connectivity index is 2.15. The average molecular weight is 261 g/mol. The van der Waals surface area contributed by atoms with Gasteiger partial charge in [-0.15, -0.1) is 0 Å². The van der Waals surface area contributed by atoms with Gasteiger partial charge in [0.1, 0.15) is 4.32 Å². The molecule has 0 aromatic rings. The van der Waals surface area contributed by atoms with Crippen molar-refractivity contribution in [2.45, 2.75) is 25.7 Å². The largest absolute Gasteiger partial charge is 0.469 e. The van der Waals surface area contributed by atoms with Gasteiger partial charge >= 0.3 is 5.97 Å². The van der Waals surface area contributed by atoms with Gasteiger partial charge < -0.3 is 4.74 Å². The lowest BCUT2D eigenvalue weighted by atomic mass is 10.2. The van der Waals surface area contributed by atoms with Crippen molar-refractivity contribution in [3.63, 3.8) is 0 Å². The van der Waals surface area contributed by atoms with Crippen molar-refractivity contribution in [2.75, 3.05) is 19.4 Å². The number of methoxy groups -OCH3 is 1. The number of hydrogen-bond acceptors (Lipinski definition) is 5. The number of ether oxygens (including phenoxy) is 1. The third-order valence-corrected chi connectivity index (χ3v) is 3.74. The first-order chi connectivity index (χ1) is 7.65. The lowest BCUT2D eigenvalue weighted by Gasteiger charge is -2.14. The number of nitrogens with zero attached hydrogens (tertiary/aromatic N) is 1. The number of rotatable bonds is 5. The zero-order valence-electron chi connectivity index (χ0n) is 9.23. The van der Waals surface area contributed by atoms with Crippen molar-refractivity contribution < 1.29 is 14.3 Å². The summed E-state index contributed by atoms with van der Waals surface area (Å²) in [4.78, 5) is 24.2. The molecule has 0 aromatic carbocycles. The maximum absolute atomic E-state index is 11.7. The van der Waals surface area contributed by atoms with E-state index in [0.717, 1.165) is 12.3 Å². The van der Waals surface area contributed by atoms with Gasteiger partial charge in [-0.25, -0.2) is 0 Å². The van der Waals surface area contributed by atoms with E-state index in [9.17, 15) is 9.59 Å². The third kappa shape index (κ3) is 4.09. The Morgan fingerprint density at radius 1 is 1.44 bits per heavy atom.